The van der Waals surface area contributed by atoms with E-state index in [9.17, 15) is 18.4 Å². The molecule has 0 radical (unpaired) electrons. The predicted octanol–water partition coefficient (Wildman–Crippen LogP) is 3.61. The summed E-state index contributed by atoms with van der Waals surface area (Å²) in [5.41, 5.74) is 0.946. The molecule has 0 saturated carbocycles. The molecular formula is C19H17F2N3O3S. The van der Waals surface area contributed by atoms with E-state index in [1.807, 2.05) is 6.92 Å². The maximum absolute atomic E-state index is 12.5. The molecule has 146 valence electrons. The largest absolute Gasteiger partial charge is 0.434 e. The Morgan fingerprint density at radius 3 is 2.75 bits per heavy atom. The van der Waals surface area contributed by atoms with E-state index in [0.29, 0.717) is 28.6 Å². The molecule has 9 heteroatoms. The number of benzene rings is 2. The summed E-state index contributed by atoms with van der Waals surface area (Å²) >= 11 is 5.17. The van der Waals surface area contributed by atoms with Crippen molar-refractivity contribution in [2.45, 2.75) is 26.6 Å². The maximum atomic E-state index is 12.5. The number of H-pyrrole nitrogens is 1. The van der Waals surface area contributed by atoms with Gasteiger partial charge < -0.3 is 15.0 Å². The lowest BCUT2D eigenvalue weighted by Gasteiger charge is -2.12. The summed E-state index contributed by atoms with van der Waals surface area (Å²) in [7, 11) is 0. The van der Waals surface area contributed by atoms with Crippen LogP contribution < -0.4 is 15.6 Å². The Morgan fingerprint density at radius 2 is 2.04 bits per heavy atom. The number of hydrogen-bond acceptors (Lipinski definition) is 4. The number of para-hydroxylation sites is 1. The second-order valence-electron chi connectivity index (χ2n) is 5.91. The van der Waals surface area contributed by atoms with E-state index >= 15 is 0 Å². The number of carbonyl (C=O) groups excluding carboxylic acids is 1. The van der Waals surface area contributed by atoms with Crippen molar-refractivity contribution >= 4 is 29.0 Å². The highest BCUT2D eigenvalue weighted by molar-refractivity contribution is 7.71. The molecule has 0 aliphatic heterocycles. The van der Waals surface area contributed by atoms with E-state index in [1.54, 1.807) is 24.3 Å². The van der Waals surface area contributed by atoms with Crippen LogP contribution in [0.25, 0.3) is 10.9 Å². The topological polar surface area (TPSA) is 76.1 Å². The van der Waals surface area contributed by atoms with E-state index in [0.717, 1.165) is 0 Å². The predicted molar refractivity (Wildman–Crippen MR) is 103 cm³/mol. The quantitative estimate of drug-likeness (QED) is 0.615. The van der Waals surface area contributed by atoms with E-state index in [2.05, 4.69) is 15.0 Å². The highest BCUT2D eigenvalue weighted by atomic mass is 32.1. The molecule has 0 unspecified atom stereocenters. The van der Waals surface area contributed by atoms with Gasteiger partial charge in [0.05, 0.1) is 10.9 Å². The van der Waals surface area contributed by atoms with Crippen LogP contribution in [0.15, 0.2) is 47.3 Å². The zero-order valence-electron chi connectivity index (χ0n) is 14.9. The smallest absolute Gasteiger partial charge is 0.387 e. The molecule has 28 heavy (non-hydrogen) atoms. The van der Waals surface area contributed by atoms with E-state index in [-0.39, 0.29) is 22.6 Å². The Morgan fingerprint density at radius 1 is 1.29 bits per heavy atom. The Bertz CT molecular complexity index is 1140. The van der Waals surface area contributed by atoms with Gasteiger partial charge in [-0.05, 0) is 43.4 Å². The normalized spacial score (nSPS) is 11.0. The number of halogens is 2. The summed E-state index contributed by atoms with van der Waals surface area (Å²) in [6.07, 6.45) is 0. The average Bonchev–Trinajstić information content (AvgIpc) is 2.66. The Balaban J connectivity index is 1.83. The third-order valence-corrected chi connectivity index (χ3v) is 4.51. The fourth-order valence-corrected chi connectivity index (χ4v) is 3.14. The lowest BCUT2D eigenvalue weighted by molar-refractivity contribution is -0.0504. The van der Waals surface area contributed by atoms with Crippen molar-refractivity contribution in [1.29, 1.82) is 0 Å². The Hall–Kier alpha value is -3.07. The van der Waals surface area contributed by atoms with Crippen molar-refractivity contribution in [3.8, 4) is 5.75 Å². The molecular weight excluding hydrogens is 388 g/mol. The number of amides is 1. The monoisotopic (exact) mass is 405 g/mol. The maximum Gasteiger partial charge on any atom is 0.387 e. The van der Waals surface area contributed by atoms with Gasteiger partial charge in [-0.3, -0.25) is 14.2 Å². The molecule has 6 nitrogen and oxygen atoms in total. The van der Waals surface area contributed by atoms with E-state index < -0.39 is 12.5 Å². The molecule has 0 spiro atoms. The van der Waals surface area contributed by atoms with Crippen LogP contribution in [-0.2, 0) is 13.1 Å². The molecule has 1 aromatic heterocycles. The molecule has 1 heterocycles. The molecule has 2 N–H and O–H groups in total. The summed E-state index contributed by atoms with van der Waals surface area (Å²) in [6, 6.07) is 10.8. The van der Waals surface area contributed by atoms with Gasteiger partial charge >= 0.3 is 6.61 Å². The van der Waals surface area contributed by atoms with E-state index in [1.165, 1.54) is 22.8 Å². The summed E-state index contributed by atoms with van der Waals surface area (Å²) in [6.45, 7) is -0.693. The van der Waals surface area contributed by atoms with Crippen molar-refractivity contribution in [1.82, 2.24) is 14.9 Å². The van der Waals surface area contributed by atoms with Crippen LogP contribution >= 0.6 is 12.2 Å². The number of nitrogens with zero attached hydrogens (tertiary/aromatic N) is 1. The number of alkyl halides is 2. The first-order valence-corrected chi connectivity index (χ1v) is 8.89. The van der Waals surface area contributed by atoms with Crippen molar-refractivity contribution < 1.29 is 18.3 Å². The molecule has 0 saturated heterocycles. The molecule has 0 fully saturated rings. The molecule has 0 aliphatic carbocycles. The van der Waals surface area contributed by atoms with Gasteiger partial charge in [0.1, 0.15) is 5.75 Å². The van der Waals surface area contributed by atoms with Crippen molar-refractivity contribution in [2.75, 3.05) is 0 Å². The summed E-state index contributed by atoms with van der Waals surface area (Å²) < 4.78 is 31.1. The molecule has 2 aromatic carbocycles. The van der Waals surface area contributed by atoms with Crippen LogP contribution in [-0.4, -0.2) is 22.1 Å². The summed E-state index contributed by atoms with van der Waals surface area (Å²) in [5.74, 6) is -0.423. The van der Waals surface area contributed by atoms with Crippen molar-refractivity contribution in [3.05, 3.63) is 68.7 Å². The first-order valence-electron chi connectivity index (χ1n) is 8.48. The second kappa shape index (κ2) is 8.30. The van der Waals surface area contributed by atoms with Crippen LogP contribution in [0.5, 0.6) is 5.75 Å². The minimum Gasteiger partial charge on any atom is -0.434 e. The number of aromatic nitrogens is 2. The summed E-state index contributed by atoms with van der Waals surface area (Å²) in [4.78, 5) is 27.8. The lowest BCUT2D eigenvalue weighted by atomic mass is 10.1. The third-order valence-electron chi connectivity index (χ3n) is 4.19. The third kappa shape index (κ3) is 4.09. The first kappa shape index (κ1) is 19.7. The zero-order chi connectivity index (χ0) is 20.3. The molecule has 1 amide bonds. The number of ether oxygens (including phenoxy) is 1. The Kier molecular flexibility index (Phi) is 5.84. The van der Waals surface area contributed by atoms with Gasteiger partial charge in [-0.2, -0.15) is 8.78 Å². The van der Waals surface area contributed by atoms with Gasteiger partial charge in [0.2, 0.25) is 0 Å². The first-order chi connectivity index (χ1) is 13.4. The highest BCUT2D eigenvalue weighted by Crippen LogP contribution is 2.20. The molecule has 0 atom stereocenters. The second-order valence-corrected chi connectivity index (χ2v) is 6.30. The van der Waals surface area contributed by atoms with Crippen LogP contribution in [0.1, 0.15) is 22.8 Å². The fourth-order valence-electron chi connectivity index (χ4n) is 2.82. The molecule has 3 aromatic rings. The van der Waals surface area contributed by atoms with Crippen LogP contribution in [0.3, 0.4) is 0 Å². The van der Waals surface area contributed by atoms with Gasteiger partial charge in [0.15, 0.2) is 4.77 Å². The van der Waals surface area contributed by atoms with Crippen LogP contribution in [0.2, 0.25) is 0 Å². The molecule has 3 rings (SSSR count). The minimum absolute atomic E-state index is 0.000472. The SMILES string of the molecule is CCn1c(=S)[nH]c2cc(C(=O)NCc3ccccc3OC(F)F)ccc2c1=O. The Labute approximate surface area is 163 Å². The van der Waals surface area contributed by atoms with Crippen molar-refractivity contribution in [3.63, 3.8) is 0 Å². The highest BCUT2D eigenvalue weighted by Gasteiger charge is 2.12. The van der Waals surface area contributed by atoms with Crippen LogP contribution in [0, 0.1) is 4.77 Å². The average molecular weight is 405 g/mol. The van der Waals surface area contributed by atoms with Gasteiger partial charge in [-0.1, -0.05) is 18.2 Å². The number of nitrogens with one attached hydrogen (secondary N) is 2. The standard InChI is InChI=1S/C19H17F2N3O3S/c1-2-24-17(26)13-8-7-11(9-14(13)23-19(24)28)16(25)22-10-12-5-3-4-6-15(12)27-18(20)21/h3-9,18H,2,10H2,1H3,(H,22,25)(H,23,28). The number of carbonyl (C=O) groups is 1. The number of hydrogen-bond donors (Lipinski definition) is 2. The van der Waals surface area contributed by atoms with E-state index in [4.69, 9.17) is 12.2 Å². The number of aromatic amines is 1. The number of rotatable bonds is 6. The van der Waals surface area contributed by atoms with Gasteiger partial charge in [-0.25, -0.2) is 0 Å². The summed E-state index contributed by atoms with van der Waals surface area (Å²) in [5, 5.41) is 3.08. The van der Waals surface area contributed by atoms with Crippen LogP contribution in [0.4, 0.5) is 8.78 Å². The minimum atomic E-state index is -2.95. The van der Waals surface area contributed by atoms with Crippen molar-refractivity contribution in [2.24, 2.45) is 0 Å². The van der Waals surface area contributed by atoms with Gasteiger partial charge in [-0.15, -0.1) is 0 Å². The fraction of sp³-hybridized carbons (Fsp3) is 0.211. The number of fused-ring (bicyclic) bond motifs is 1. The molecule has 0 aliphatic rings. The van der Waals surface area contributed by atoms with Gasteiger partial charge in [0.25, 0.3) is 11.5 Å². The van der Waals surface area contributed by atoms with Gasteiger partial charge in [0, 0.05) is 24.2 Å². The lowest BCUT2D eigenvalue weighted by Crippen LogP contribution is -2.24. The zero-order valence-corrected chi connectivity index (χ0v) is 15.7. The molecule has 0 bridgehead atoms.